The number of nitrogens with one attached hydrogen (secondary N) is 1. The van der Waals surface area contributed by atoms with Crippen LogP contribution in [0.4, 0.5) is 11.4 Å². The Kier molecular flexibility index (Phi) is 2.04. The van der Waals surface area contributed by atoms with Gasteiger partial charge in [-0.05, 0) is 31.0 Å². The van der Waals surface area contributed by atoms with Crippen LogP contribution in [0.5, 0.6) is 0 Å². The third kappa shape index (κ3) is 1.96. The van der Waals surface area contributed by atoms with E-state index in [-0.39, 0.29) is 5.91 Å². The molecule has 0 atom stereocenters. The second kappa shape index (κ2) is 3.21. The summed E-state index contributed by atoms with van der Waals surface area (Å²) in [4.78, 5) is 11.6. The lowest BCUT2D eigenvalue weighted by Crippen LogP contribution is -2.25. The third-order valence-electron chi connectivity index (χ3n) is 2.15. The number of benzene rings is 1. The summed E-state index contributed by atoms with van der Waals surface area (Å²) in [5, 5.41) is 2.87. The van der Waals surface area contributed by atoms with Gasteiger partial charge < -0.3 is 16.8 Å². The van der Waals surface area contributed by atoms with Gasteiger partial charge in [-0.25, -0.2) is 0 Å². The second-order valence-corrected chi connectivity index (χ2v) is 3.64. The molecule has 1 fully saturated rings. The third-order valence-corrected chi connectivity index (χ3v) is 2.15. The van der Waals surface area contributed by atoms with E-state index < -0.39 is 0 Å². The molecule has 1 aromatic rings. The Bertz CT molecular complexity index is 351. The molecule has 1 aromatic carbocycles. The molecule has 0 saturated heterocycles. The summed E-state index contributed by atoms with van der Waals surface area (Å²) in [6.45, 7) is 0. The largest absolute Gasteiger partial charge is 0.399 e. The van der Waals surface area contributed by atoms with Gasteiger partial charge in [-0.2, -0.15) is 0 Å². The lowest BCUT2D eigenvalue weighted by molar-refractivity contribution is 0.0951. The van der Waals surface area contributed by atoms with Crippen molar-refractivity contribution in [2.45, 2.75) is 18.9 Å². The van der Waals surface area contributed by atoms with E-state index in [1.807, 2.05) is 0 Å². The summed E-state index contributed by atoms with van der Waals surface area (Å²) in [7, 11) is 0. The van der Waals surface area contributed by atoms with Gasteiger partial charge in [0.15, 0.2) is 0 Å². The fourth-order valence-electron chi connectivity index (χ4n) is 1.30. The Morgan fingerprint density at radius 2 is 1.79 bits per heavy atom. The highest BCUT2D eigenvalue weighted by Gasteiger charge is 2.23. The van der Waals surface area contributed by atoms with Crippen LogP contribution in [0.2, 0.25) is 0 Å². The maximum atomic E-state index is 11.6. The molecular formula is C10H13N3O. The van der Waals surface area contributed by atoms with E-state index in [4.69, 9.17) is 11.5 Å². The maximum absolute atomic E-state index is 11.6. The Balaban J connectivity index is 2.17. The van der Waals surface area contributed by atoms with Crippen LogP contribution in [0.25, 0.3) is 0 Å². The number of rotatable bonds is 2. The van der Waals surface area contributed by atoms with E-state index in [0.717, 1.165) is 12.8 Å². The van der Waals surface area contributed by atoms with Crippen molar-refractivity contribution in [2.75, 3.05) is 11.5 Å². The molecule has 4 nitrogen and oxygen atoms in total. The van der Waals surface area contributed by atoms with Crippen LogP contribution in [-0.4, -0.2) is 11.9 Å². The van der Waals surface area contributed by atoms with E-state index in [0.29, 0.717) is 23.0 Å². The van der Waals surface area contributed by atoms with Gasteiger partial charge in [0.05, 0.1) is 0 Å². The number of hydrogen-bond acceptors (Lipinski definition) is 3. The highest BCUT2D eigenvalue weighted by molar-refractivity contribution is 5.96. The predicted molar refractivity (Wildman–Crippen MR) is 55.8 cm³/mol. The zero-order valence-electron chi connectivity index (χ0n) is 7.79. The molecule has 4 heteroatoms. The molecule has 0 aromatic heterocycles. The lowest BCUT2D eigenvalue weighted by Gasteiger charge is -2.05. The summed E-state index contributed by atoms with van der Waals surface area (Å²) < 4.78 is 0. The zero-order valence-corrected chi connectivity index (χ0v) is 7.79. The van der Waals surface area contributed by atoms with Gasteiger partial charge in [0.25, 0.3) is 5.91 Å². The normalized spacial score (nSPS) is 15.1. The number of carbonyl (C=O) groups is 1. The van der Waals surface area contributed by atoms with E-state index >= 15 is 0 Å². The molecule has 0 radical (unpaired) electrons. The SMILES string of the molecule is Nc1cc(N)cc(C(=O)NC2CC2)c1. The molecule has 1 aliphatic carbocycles. The molecule has 5 N–H and O–H groups in total. The van der Waals surface area contributed by atoms with E-state index in [1.165, 1.54) is 0 Å². The van der Waals surface area contributed by atoms with Crippen molar-refractivity contribution in [1.82, 2.24) is 5.32 Å². The van der Waals surface area contributed by atoms with Crippen LogP contribution in [0.15, 0.2) is 18.2 Å². The highest BCUT2D eigenvalue weighted by Crippen LogP contribution is 2.20. The molecule has 1 amide bonds. The van der Waals surface area contributed by atoms with Crippen molar-refractivity contribution in [1.29, 1.82) is 0 Å². The molecule has 0 unspecified atom stereocenters. The van der Waals surface area contributed by atoms with Crippen LogP contribution in [-0.2, 0) is 0 Å². The van der Waals surface area contributed by atoms with Crippen molar-refractivity contribution < 1.29 is 4.79 Å². The molecule has 0 bridgehead atoms. The zero-order chi connectivity index (χ0) is 10.1. The van der Waals surface area contributed by atoms with Gasteiger partial charge in [0.1, 0.15) is 0 Å². The van der Waals surface area contributed by atoms with Crippen molar-refractivity contribution in [3.05, 3.63) is 23.8 Å². The van der Waals surface area contributed by atoms with Gasteiger partial charge in [-0.15, -0.1) is 0 Å². The molecule has 0 heterocycles. The maximum Gasteiger partial charge on any atom is 0.251 e. The van der Waals surface area contributed by atoms with Gasteiger partial charge >= 0.3 is 0 Å². The highest BCUT2D eigenvalue weighted by atomic mass is 16.1. The fraction of sp³-hybridized carbons (Fsp3) is 0.300. The topological polar surface area (TPSA) is 81.1 Å². The Morgan fingerprint density at radius 3 is 2.29 bits per heavy atom. The molecule has 0 aliphatic heterocycles. The Hall–Kier alpha value is -1.71. The number of anilines is 2. The Labute approximate surface area is 82.3 Å². The van der Waals surface area contributed by atoms with Crippen LogP contribution in [0, 0.1) is 0 Å². The average molecular weight is 191 g/mol. The molecule has 1 saturated carbocycles. The van der Waals surface area contributed by atoms with Crippen molar-refractivity contribution in [3.8, 4) is 0 Å². The average Bonchev–Trinajstić information content (AvgIpc) is 2.86. The number of nitrogen functional groups attached to an aromatic ring is 2. The number of carbonyl (C=O) groups excluding carboxylic acids is 1. The van der Waals surface area contributed by atoms with Crippen LogP contribution >= 0.6 is 0 Å². The first-order valence-corrected chi connectivity index (χ1v) is 4.62. The van der Waals surface area contributed by atoms with Crippen molar-refractivity contribution >= 4 is 17.3 Å². The summed E-state index contributed by atoms with van der Waals surface area (Å²) in [6, 6.07) is 5.25. The quantitative estimate of drug-likeness (QED) is 0.603. The first-order valence-electron chi connectivity index (χ1n) is 4.62. The first-order chi connectivity index (χ1) is 6.65. The van der Waals surface area contributed by atoms with Gasteiger partial charge in [0, 0.05) is 23.0 Å². The first kappa shape index (κ1) is 8.87. The van der Waals surface area contributed by atoms with E-state index in [1.54, 1.807) is 18.2 Å². The minimum atomic E-state index is -0.0912. The van der Waals surface area contributed by atoms with E-state index in [9.17, 15) is 4.79 Å². The van der Waals surface area contributed by atoms with Gasteiger partial charge in [0.2, 0.25) is 0 Å². The van der Waals surface area contributed by atoms with Crippen LogP contribution in [0.3, 0.4) is 0 Å². The van der Waals surface area contributed by atoms with E-state index in [2.05, 4.69) is 5.32 Å². The molecule has 0 spiro atoms. The van der Waals surface area contributed by atoms with Gasteiger partial charge in [-0.3, -0.25) is 4.79 Å². The summed E-state index contributed by atoms with van der Waals surface area (Å²) in [5.41, 5.74) is 12.7. The van der Waals surface area contributed by atoms with Crippen LogP contribution in [0.1, 0.15) is 23.2 Å². The van der Waals surface area contributed by atoms with Crippen LogP contribution < -0.4 is 16.8 Å². The number of nitrogens with two attached hydrogens (primary N) is 2. The summed E-state index contributed by atoms with van der Waals surface area (Å²) in [5.74, 6) is -0.0912. The molecule has 2 rings (SSSR count). The number of amides is 1. The second-order valence-electron chi connectivity index (χ2n) is 3.64. The monoisotopic (exact) mass is 191 g/mol. The van der Waals surface area contributed by atoms with Gasteiger partial charge in [-0.1, -0.05) is 0 Å². The fourth-order valence-corrected chi connectivity index (χ4v) is 1.30. The minimum absolute atomic E-state index is 0.0912. The summed E-state index contributed by atoms with van der Waals surface area (Å²) in [6.07, 6.45) is 2.15. The standard InChI is InChI=1S/C10H13N3O/c11-7-3-6(4-8(12)5-7)10(14)13-9-1-2-9/h3-5,9H,1-2,11-12H2,(H,13,14). The smallest absolute Gasteiger partial charge is 0.251 e. The minimum Gasteiger partial charge on any atom is -0.399 e. The lowest BCUT2D eigenvalue weighted by atomic mass is 10.1. The summed E-state index contributed by atoms with van der Waals surface area (Å²) >= 11 is 0. The predicted octanol–water partition coefficient (Wildman–Crippen LogP) is 0.743. The molecule has 14 heavy (non-hydrogen) atoms. The number of hydrogen-bond donors (Lipinski definition) is 3. The molecule has 1 aliphatic rings. The van der Waals surface area contributed by atoms with Crippen molar-refractivity contribution in [3.63, 3.8) is 0 Å². The van der Waals surface area contributed by atoms with Crippen molar-refractivity contribution in [2.24, 2.45) is 0 Å². The Morgan fingerprint density at radius 1 is 1.21 bits per heavy atom. The molecule has 74 valence electrons. The molecular weight excluding hydrogens is 178 g/mol.